The summed E-state index contributed by atoms with van der Waals surface area (Å²) >= 11 is 0. The minimum atomic E-state index is 0.233. The summed E-state index contributed by atoms with van der Waals surface area (Å²) in [5.74, 6) is 1.000. The van der Waals surface area contributed by atoms with Crippen LogP contribution in [0.25, 0.3) is 0 Å². The largest absolute Gasteiger partial charge is 0.381 e. The number of aromatic nitrogens is 3. The van der Waals surface area contributed by atoms with Crippen molar-refractivity contribution in [2.24, 2.45) is 13.0 Å². The van der Waals surface area contributed by atoms with E-state index in [1.54, 1.807) is 7.11 Å². The number of ether oxygens (including phenoxy) is 1. The zero-order valence-corrected chi connectivity index (χ0v) is 18.2. The lowest BCUT2D eigenvalue weighted by molar-refractivity contribution is 0.0386. The fourth-order valence-corrected chi connectivity index (χ4v) is 5.65. The molecular weight excluding hydrogens is 378 g/mol. The van der Waals surface area contributed by atoms with E-state index < -0.39 is 0 Å². The molecule has 7 heteroatoms. The molecule has 30 heavy (non-hydrogen) atoms. The molecule has 3 aliphatic heterocycles. The quantitative estimate of drug-likeness (QED) is 0.751. The molecule has 0 saturated carbocycles. The molecule has 0 aliphatic carbocycles. The Morgan fingerprint density at radius 3 is 2.67 bits per heavy atom. The lowest BCUT2D eigenvalue weighted by Crippen LogP contribution is -2.47. The highest BCUT2D eigenvalue weighted by Gasteiger charge is 2.35. The first-order valence-electron chi connectivity index (χ1n) is 11.3. The molecule has 2 atom stereocenters. The van der Waals surface area contributed by atoms with E-state index in [1.807, 2.05) is 12.5 Å². The summed E-state index contributed by atoms with van der Waals surface area (Å²) in [6.07, 6.45) is 7.52. The average Bonchev–Trinajstić information content (AvgIpc) is 3.15. The van der Waals surface area contributed by atoms with E-state index in [1.165, 1.54) is 17.8 Å². The number of rotatable bonds is 5. The van der Waals surface area contributed by atoms with Crippen LogP contribution in [-0.2, 0) is 31.4 Å². The molecule has 2 saturated heterocycles. The van der Waals surface area contributed by atoms with Crippen molar-refractivity contribution in [3.05, 3.63) is 52.0 Å². The molecule has 3 aliphatic rings. The third-order valence-electron chi connectivity index (χ3n) is 7.32. The van der Waals surface area contributed by atoms with Crippen molar-refractivity contribution in [3.8, 4) is 0 Å². The van der Waals surface area contributed by atoms with Gasteiger partial charge in [0.25, 0.3) is 5.56 Å². The minimum Gasteiger partial charge on any atom is -0.381 e. The highest BCUT2D eigenvalue weighted by Crippen LogP contribution is 2.35. The maximum absolute atomic E-state index is 13.3. The molecule has 7 nitrogen and oxygen atoms in total. The summed E-state index contributed by atoms with van der Waals surface area (Å²) in [6, 6.07) is 4.32. The fraction of sp³-hybridized carbons (Fsp3) is 0.652. The highest BCUT2D eigenvalue weighted by atomic mass is 16.5. The van der Waals surface area contributed by atoms with Gasteiger partial charge < -0.3 is 13.9 Å². The van der Waals surface area contributed by atoms with Crippen LogP contribution in [0.3, 0.4) is 0 Å². The predicted molar refractivity (Wildman–Crippen MR) is 115 cm³/mol. The van der Waals surface area contributed by atoms with Gasteiger partial charge >= 0.3 is 0 Å². The summed E-state index contributed by atoms with van der Waals surface area (Å²) in [7, 11) is 3.85. The lowest BCUT2D eigenvalue weighted by Gasteiger charge is -2.43. The van der Waals surface area contributed by atoms with Crippen molar-refractivity contribution in [1.29, 1.82) is 0 Å². The van der Waals surface area contributed by atoms with Crippen molar-refractivity contribution in [2.45, 2.75) is 50.9 Å². The first-order valence-corrected chi connectivity index (χ1v) is 11.3. The van der Waals surface area contributed by atoms with Gasteiger partial charge in [-0.05, 0) is 31.2 Å². The van der Waals surface area contributed by atoms with Gasteiger partial charge in [0.15, 0.2) is 0 Å². The van der Waals surface area contributed by atoms with E-state index in [9.17, 15) is 4.79 Å². The van der Waals surface area contributed by atoms with Gasteiger partial charge in [-0.15, -0.1) is 0 Å². The minimum absolute atomic E-state index is 0.233. The van der Waals surface area contributed by atoms with E-state index in [0.717, 1.165) is 64.2 Å². The number of imidazole rings is 1. The topological polar surface area (TPSA) is 55.5 Å². The Bertz CT molecular complexity index is 943. The first-order chi connectivity index (χ1) is 14.6. The molecule has 2 aromatic heterocycles. The van der Waals surface area contributed by atoms with E-state index in [0.29, 0.717) is 17.9 Å². The van der Waals surface area contributed by atoms with E-state index >= 15 is 0 Å². The molecule has 0 unspecified atom stereocenters. The van der Waals surface area contributed by atoms with Crippen LogP contribution in [0.2, 0.25) is 0 Å². The van der Waals surface area contributed by atoms with E-state index in [4.69, 9.17) is 4.74 Å². The second kappa shape index (κ2) is 8.29. The SMILES string of the molecule is COC1CCN(Cc2ccc3n(c2=O)C[C@H]2C[C@@H]3CN(Cc3cncn3C)C2)CC1. The van der Waals surface area contributed by atoms with Crippen LogP contribution in [0.4, 0.5) is 0 Å². The number of hydrogen-bond donors (Lipinski definition) is 0. The van der Waals surface area contributed by atoms with Gasteiger partial charge in [0.1, 0.15) is 0 Å². The van der Waals surface area contributed by atoms with Crippen molar-refractivity contribution in [1.82, 2.24) is 23.9 Å². The van der Waals surface area contributed by atoms with E-state index in [2.05, 4.69) is 43.1 Å². The van der Waals surface area contributed by atoms with Gasteiger partial charge in [-0.2, -0.15) is 0 Å². The van der Waals surface area contributed by atoms with Crippen LogP contribution in [0, 0.1) is 5.92 Å². The molecule has 5 rings (SSSR count). The summed E-state index contributed by atoms with van der Waals surface area (Å²) in [5, 5.41) is 0. The maximum Gasteiger partial charge on any atom is 0.255 e. The standard InChI is InChI=1S/C23H33N5O2/c1-25-16-24-10-20(25)15-27-11-17-9-19(14-27)22-4-3-18(23(29)28(22)12-17)13-26-7-5-21(30-2)6-8-26/h3-4,10,16-17,19,21H,5-9,11-15H2,1-2H3/t17-,19+/m0/s1. The average molecular weight is 412 g/mol. The Morgan fingerprint density at radius 1 is 1.10 bits per heavy atom. The smallest absolute Gasteiger partial charge is 0.255 e. The summed E-state index contributed by atoms with van der Waals surface area (Å²) in [6.45, 7) is 6.64. The van der Waals surface area contributed by atoms with Gasteiger partial charge in [-0.25, -0.2) is 4.98 Å². The fourth-order valence-electron chi connectivity index (χ4n) is 5.65. The predicted octanol–water partition coefficient (Wildman–Crippen LogP) is 1.81. The highest BCUT2D eigenvalue weighted by molar-refractivity contribution is 5.22. The molecule has 0 N–H and O–H groups in total. The van der Waals surface area contributed by atoms with Crippen LogP contribution in [0.5, 0.6) is 0 Å². The van der Waals surface area contributed by atoms with Crippen molar-refractivity contribution in [3.63, 3.8) is 0 Å². The molecule has 2 aromatic rings. The molecule has 0 aromatic carbocycles. The third kappa shape index (κ3) is 3.86. The van der Waals surface area contributed by atoms with Crippen LogP contribution in [0.1, 0.15) is 42.1 Å². The number of pyridine rings is 1. The van der Waals surface area contributed by atoms with Crippen LogP contribution < -0.4 is 5.56 Å². The van der Waals surface area contributed by atoms with Gasteiger partial charge in [0.05, 0.1) is 18.1 Å². The zero-order valence-electron chi connectivity index (χ0n) is 18.2. The number of nitrogens with zero attached hydrogens (tertiary/aromatic N) is 5. The zero-order chi connectivity index (χ0) is 20.7. The summed E-state index contributed by atoms with van der Waals surface area (Å²) in [5.41, 5.74) is 3.66. The summed E-state index contributed by atoms with van der Waals surface area (Å²) < 4.78 is 9.67. The van der Waals surface area contributed by atoms with Gasteiger partial charge in [0.2, 0.25) is 0 Å². The molecule has 2 fully saturated rings. The molecule has 0 spiro atoms. The molecule has 0 amide bonds. The number of aryl methyl sites for hydroxylation is 1. The van der Waals surface area contributed by atoms with Crippen molar-refractivity contribution >= 4 is 0 Å². The number of likely N-dealkylation sites (tertiary alicyclic amines) is 2. The Balaban J connectivity index is 1.30. The Morgan fingerprint density at radius 2 is 1.93 bits per heavy atom. The lowest BCUT2D eigenvalue weighted by atomic mass is 9.83. The number of methoxy groups -OCH3 is 1. The van der Waals surface area contributed by atoms with Crippen molar-refractivity contribution < 1.29 is 4.74 Å². The molecule has 0 radical (unpaired) electrons. The number of piperidine rings is 2. The van der Waals surface area contributed by atoms with Gasteiger partial charge in [0, 0.05) is 83.3 Å². The van der Waals surface area contributed by atoms with Crippen molar-refractivity contribution in [2.75, 3.05) is 33.3 Å². The van der Waals surface area contributed by atoms with Gasteiger partial charge in [-0.1, -0.05) is 6.07 Å². The van der Waals surface area contributed by atoms with Crippen LogP contribution >= 0.6 is 0 Å². The number of fused-ring (bicyclic) bond motifs is 4. The molecular formula is C23H33N5O2. The second-order valence-corrected chi connectivity index (χ2v) is 9.40. The summed E-state index contributed by atoms with van der Waals surface area (Å²) in [4.78, 5) is 22.5. The third-order valence-corrected chi connectivity index (χ3v) is 7.32. The first kappa shape index (κ1) is 20.0. The maximum atomic E-state index is 13.3. The van der Waals surface area contributed by atoms with Crippen LogP contribution in [-0.4, -0.2) is 63.3 Å². The van der Waals surface area contributed by atoms with E-state index in [-0.39, 0.29) is 5.56 Å². The van der Waals surface area contributed by atoms with Crippen LogP contribution in [0.15, 0.2) is 29.5 Å². The normalized spacial score (nSPS) is 25.4. The molecule has 5 heterocycles. The van der Waals surface area contributed by atoms with Gasteiger partial charge in [-0.3, -0.25) is 14.6 Å². The number of hydrogen-bond acceptors (Lipinski definition) is 5. The molecule has 162 valence electrons. The Hall–Kier alpha value is -1.96. The Labute approximate surface area is 178 Å². The Kier molecular flexibility index (Phi) is 5.52. The monoisotopic (exact) mass is 411 g/mol. The molecule has 2 bridgehead atoms. The second-order valence-electron chi connectivity index (χ2n) is 9.40.